The Hall–Kier alpha value is -0.850. The van der Waals surface area contributed by atoms with Gasteiger partial charge in [0.1, 0.15) is 4.92 Å². The van der Waals surface area contributed by atoms with Crippen LogP contribution < -0.4 is 5.84 Å². The lowest BCUT2D eigenvalue weighted by Crippen LogP contribution is -2.45. The molecule has 1 unspecified atom stereocenters. The Labute approximate surface area is 52.4 Å². The zero-order valence-corrected chi connectivity index (χ0v) is 5.31. The summed E-state index contributed by atoms with van der Waals surface area (Å²) in [5, 5.41) is 0. The number of nitrogens with two attached hydrogens (primary N) is 1. The standard InChI is InChI=1S/C3H9N4O2/c1-3-6-5-8-7(2,4)9-6/h3H,4H2,1-2H3/q+1/b6-3-. The fourth-order valence-electron chi connectivity index (χ4n) is 0.399. The van der Waals surface area contributed by atoms with Gasteiger partial charge in [0, 0.05) is 11.8 Å². The zero-order valence-electron chi connectivity index (χ0n) is 5.31. The maximum atomic E-state index is 5.28. The van der Waals surface area contributed by atoms with Crippen molar-refractivity contribution in [2.75, 3.05) is 7.05 Å². The Morgan fingerprint density at radius 2 is 2.44 bits per heavy atom. The fraction of sp³-hybridized carbons (Fsp3) is 0.667. The highest BCUT2D eigenvalue weighted by Gasteiger charge is 2.30. The van der Waals surface area contributed by atoms with Crippen LogP contribution in [0.15, 0.2) is 0 Å². The number of rotatable bonds is 0. The van der Waals surface area contributed by atoms with Gasteiger partial charge in [0.2, 0.25) is 0 Å². The zero-order chi connectivity index (χ0) is 6.91. The summed E-state index contributed by atoms with van der Waals surface area (Å²) in [4.78, 5) is 9.97. The van der Waals surface area contributed by atoms with Crippen molar-refractivity contribution >= 4 is 6.21 Å². The average molecular weight is 133 g/mol. The van der Waals surface area contributed by atoms with Crippen molar-refractivity contribution in [3.63, 3.8) is 0 Å². The van der Waals surface area contributed by atoms with Gasteiger partial charge < -0.3 is 0 Å². The Morgan fingerprint density at radius 1 is 1.78 bits per heavy atom. The third kappa shape index (κ3) is 1.28. The second-order valence-corrected chi connectivity index (χ2v) is 1.71. The molecule has 1 rings (SSSR count). The molecule has 1 saturated heterocycles. The van der Waals surface area contributed by atoms with Gasteiger partial charge in [-0.2, -0.15) is 5.59 Å². The van der Waals surface area contributed by atoms with Gasteiger partial charge in [-0.05, 0) is 4.94 Å². The van der Waals surface area contributed by atoms with Crippen molar-refractivity contribution in [2.45, 2.75) is 6.92 Å². The molecule has 2 N–H and O–H groups in total. The minimum absolute atomic E-state index is 0.523. The average Bonchev–Trinajstić information content (AvgIpc) is 2.10. The lowest BCUT2D eigenvalue weighted by Gasteiger charge is -2.06. The van der Waals surface area contributed by atoms with Crippen LogP contribution in [0, 0.1) is 0 Å². The van der Waals surface area contributed by atoms with Crippen molar-refractivity contribution in [1.82, 2.24) is 0 Å². The molecular weight excluding hydrogens is 124 g/mol. The molecule has 0 aromatic rings. The van der Waals surface area contributed by atoms with Crippen molar-refractivity contribution in [3.8, 4) is 0 Å². The highest BCUT2D eigenvalue weighted by molar-refractivity contribution is 5.46. The summed E-state index contributed by atoms with van der Waals surface area (Å²) in [5.74, 6) is 5.28. The van der Waals surface area contributed by atoms with Gasteiger partial charge in [-0.3, -0.25) is 0 Å². The normalized spacial score (nSPS) is 38.3. The second-order valence-electron chi connectivity index (χ2n) is 1.71. The maximum absolute atomic E-state index is 5.28. The first-order chi connectivity index (χ1) is 4.14. The fourth-order valence-corrected chi connectivity index (χ4v) is 0.399. The van der Waals surface area contributed by atoms with Crippen LogP contribution in [-0.4, -0.2) is 23.0 Å². The molecule has 1 aliphatic heterocycles. The van der Waals surface area contributed by atoms with E-state index in [0.717, 1.165) is 4.85 Å². The lowest BCUT2D eigenvalue weighted by molar-refractivity contribution is -1.28. The summed E-state index contributed by atoms with van der Waals surface area (Å²) in [6.07, 6.45) is 1.58. The summed E-state index contributed by atoms with van der Waals surface area (Å²) < 4.78 is 0. The summed E-state index contributed by atoms with van der Waals surface area (Å²) in [7, 11) is 1.51. The summed E-state index contributed by atoms with van der Waals surface area (Å²) in [5.41, 5.74) is 3.41. The monoisotopic (exact) mass is 133 g/mol. The van der Waals surface area contributed by atoms with E-state index in [1.807, 2.05) is 0 Å². The third-order valence-electron chi connectivity index (χ3n) is 0.746. The molecular formula is C3H9N4O2+. The SMILES string of the molecule is C/C=[N+]1/[N-]O[N+](C)(N)O1. The molecule has 0 aliphatic carbocycles. The van der Waals surface area contributed by atoms with Crippen LogP contribution in [0.3, 0.4) is 0 Å². The van der Waals surface area contributed by atoms with Crippen LogP contribution in [0.25, 0.3) is 5.59 Å². The molecule has 6 heteroatoms. The Morgan fingerprint density at radius 3 is 2.67 bits per heavy atom. The molecule has 0 bridgehead atoms. The quantitative estimate of drug-likeness (QED) is 0.273. The minimum Gasteiger partial charge on any atom is -0.191 e. The van der Waals surface area contributed by atoms with Gasteiger partial charge in [0.15, 0.2) is 13.3 Å². The Balaban J connectivity index is 2.57. The molecule has 0 spiro atoms. The van der Waals surface area contributed by atoms with E-state index in [1.165, 1.54) is 7.05 Å². The molecule has 0 saturated carbocycles. The molecule has 1 heterocycles. The van der Waals surface area contributed by atoms with Crippen molar-refractivity contribution in [1.29, 1.82) is 0 Å². The third-order valence-corrected chi connectivity index (χ3v) is 0.746. The van der Waals surface area contributed by atoms with E-state index in [1.54, 1.807) is 13.1 Å². The topological polar surface area (TPSA) is 61.6 Å². The molecule has 0 aromatic heterocycles. The number of quaternary nitrogens is 1. The van der Waals surface area contributed by atoms with Gasteiger partial charge in [0.25, 0.3) is 0 Å². The highest BCUT2D eigenvalue weighted by Crippen LogP contribution is 2.12. The molecule has 9 heavy (non-hydrogen) atoms. The van der Waals surface area contributed by atoms with E-state index in [0.29, 0.717) is 0 Å². The number of nitrogens with zero attached hydrogens (tertiary/aromatic N) is 3. The van der Waals surface area contributed by atoms with Gasteiger partial charge in [-0.1, -0.05) is 0 Å². The van der Waals surface area contributed by atoms with E-state index in [2.05, 4.69) is 10.5 Å². The first kappa shape index (κ1) is 6.27. The molecule has 52 valence electrons. The van der Waals surface area contributed by atoms with Gasteiger partial charge >= 0.3 is 0 Å². The van der Waals surface area contributed by atoms with E-state index < -0.39 is 4.92 Å². The predicted molar refractivity (Wildman–Crippen MR) is 27.9 cm³/mol. The number of hydrogen-bond donors (Lipinski definition) is 1. The van der Waals surface area contributed by atoms with E-state index >= 15 is 0 Å². The summed E-state index contributed by atoms with van der Waals surface area (Å²) in [6, 6.07) is 0. The van der Waals surface area contributed by atoms with Gasteiger partial charge in [-0.25, -0.2) is 0 Å². The van der Waals surface area contributed by atoms with Crippen LogP contribution in [-0.2, 0) is 9.88 Å². The summed E-state index contributed by atoms with van der Waals surface area (Å²) >= 11 is 0. The number of hydroxylamine groups is 2. The molecule has 0 amide bonds. The molecule has 0 radical (unpaired) electrons. The molecule has 1 fully saturated rings. The minimum atomic E-state index is -0.523. The van der Waals surface area contributed by atoms with Crippen LogP contribution in [0.1, 0.15) is 6.92 Å². The van der Waals surface area contributed by atoms with Crippen LogP contribution in [0.2, 0.25) is 0 Å². The van der Waals surface area contributed by atoms with Crippen molar-refractivity contribution in [2.24, 2.45) is 5.84 Å². The van der Waals surface area contributed by atoms with Crippen molar-refractivity contribution in [3.05, 3.63) is 5.59 Å². The molecule has 1 atom stereocenters. The first-order valence-corrected chi connectivity index (χ1v) is 2.47. The Kier molecular flexibility index (Phi) is 1.28. The summed E-state index contributed by atoms with van der Waals surface area (Å²) in [6.45, 7) is 1.75. The second kappa shape index (κ2) is 1.83. The molecule has 6 nitrogen and oxygen atoms in total. The van der Waals surface area contributed by atoms with E-state index in [-0.39, 0.29) is 0 Å². The van der Waals surface area contributed by atoms with Crippen LogP contribution >= 0.6 is 0 Å². The van der Waals surface area contributed by atoms with Gasteiger partial charge in [0.05, 0.1) is 0 Å². The first-order valence-electron chi connectivity index (χ1n) is 2.47. The lowest BCUT2D eigenvalue weighted by atomic mass is 10.9. The van der Waals surface area contributed by atoms with E-state index in [4.69, 9.17) is 10.8 Å². The number of hydrogen-bond acceptors (Lipinski definition) is 3. The molecule has 0 aromatic carbocycles. The van der Waals surface area contributed by atoms with Crippen LogP contribution in [0.4, 0.5) is 0 Å². The highest BCUT2D eigenvalue weighted by atomic mass is 17.2. The largest absolute Gasteiger partial charge is 0.193 e. The van der Waals surface area contributed by atoms with Crippen molar-refractivity contribution < 1.29 is 19.6 Å². The predicted octanol–water partition coefficient (Wildman–Crippen LogP) is -0.595. The maximum Gasteiger partial charge on any atom is 0.193 e. The Bertz CT molecular complexity index is 143. The van der Waals surface area contributed by atoms with E-state index in [9.17, 15) is 0 Å². The van der Waals surface area contributed by atoms with Gasteiger partial charge in [-0.15, -0.1) is 10.8 Å². The van der Waals surface area contributed by atoms with Crippen LogP contribution in [0.5, 0.6) is 0 Å². The molecule has 1 aliphatic rings. The smallest absolute Gasteiger partial charge is 0.191 e.